The van der Waals surface area contributed by atoms with Crippen molar-refractivity contribution in [3.8, 4) is 5.75 Å². The van der Waals surface area contributed by atoms with Crippen LogP contribution in [0.3, 0.4) is 0 Å². The summed E-state index contributed by atoms with van der Waals surface area (Å²) in [6.07, 6.45) is 4.79. The lowest BCUT2D eigenvalue weighted by atomic mass is 10.2. The second-order valence-electron chi connectivity index (χ2n) is 6.00. The third kappa shape index (κ3) is 4.68. The summed E-state index contributed by atoms with van der Waals surface area (Å²) in [5.74, 6) is 0.196. The summed E-state index contributed by atoms with van der Waals surface area (Å²) in [5, 5.41) is 2.76. The quantitative estimate of drug-likeness (QED) is 0.861. The predicted molar refractivity (Wildman–Crippen MR) is 90.2 cm³/mol. The van der Waals surface area contributed by atoms with E-state index in [9.17, 15) is 13.2 Å². The molecule has 0 unspecified atom stereocenters. The summed E-state index contributed by atoms with van der Waals surface area (Å²) in [6.45, 7) is 1.75. The average molecular weight is 340 g/mol. The largest absolute Gasteiger partial charge is 0.495 e. The fourth-order valence-electron chi connectivity index (χ4n) is 2.96. The second-order valence-corrected chi connectivity index (χ2v) is 7.93. The van der Waals surface area contributed by atoms with Gasteiger partial charge >= 0.3 is 0 Å². The highest BCUT2D eigenvalue weighted by Crippen LogP contribution is 2.27. The molecule has 2 rings (SSSR count). The SMILES string of the molecule is COc1ccc(C)cc1NC(=O)CN(C1CCCC1)S(C)(=O)=O. The first-order chi connectivity index (χ1) is 10.8. The van der Waals surface area contributed by atoms with Crippen molar-refractivity contribution in [1.29, 1.82) is 0 Å². The molecule has 0 bridgehead atoms. The number of sulfonamides is 1. The minimum Gasteiger partial charge on any atom is -0.495 e. The second kappa shape index (κ2) is 7.31. The molecular formula is C16H24N2O4S. The van der Waals surface area contributed by atoms with E-state index >= 15 is 0 Å². The highest BCUT2D eigenvalue weighted by Gasteiger charge is 2.31. The number of anilines is 1. The Bertz CT molecular complexity index is 667. The van der Waals surface area contributed by atoms with Gasteiger partial charge in [-0.1, -0.05) is 18.9 Å². The Balaban J connectivity index is 2.12. The van der Waals surface area contributed by atoms with Crippen LogP contribution in [0, 0.1) is 6.92 Å². The van der Waals surface area contributed by atoms with E-state index < -0.39 is 10.0 Å². The van der Waals surface area contributed by atoms with Crippen LogP contribution >= 0.6 is 0 Å². The van der Waals surface area contributed by atoms with Crippen molar-refractivity contribution in [3.63, 3.8) is 0 Å². The molecule has 1 fully saturated rings. The molecule has 0 atom stereocenters. The Morgan fingerprint density at radius 3 is 2.57 bits per heavy atom. The van der Waals surface area contributed by atoms with E-state index in [1.54, 1.807) is 12.1 Å². The van der Waals surface area contributed by atoms with Gasteiger partial charge in [-0.2, -0.15) is 4.31 Å². The number of amides is 1. The predicted octanol–water partition coefficient (Wildman–Crippen LogP) is 2.15. The molecule has 0 radical (unpaired) electrons. The third-order valence-electron chi connectivity index (χ3n) is 4.09. The van der Waals surface area contributed by atoms with Gasteiger partial charge in [0.15, 0.2) is 0 Å². The average Bonchev–Trinajstić information content (AvgIpc) is 2.97. The lowest BCUT2D eigenvalue weighted by Gasteiger charge is -2.25. The number of aryl methyl sites for hydroxylation is 1. The van der Waals surface area contributed by atoms with Crippen molar-refractivity contribution in [2.75, 3.05) is 25.2 Å². The van der Waals surface area contributed by atoms with Gasteiger partial charge < -0.3 is 10.1 Å². The monoisotopic (exact) mass is 340 g/mol. The standard InChI is InChI=1S/C16H24N2O4S/c1-12-8-9-15(22-2)14(10-12)17-16(19)11-18(23(3,20)21)13-6-4-5-7-13/h8-10,13H,4-7,11H2,1-3H3,(H,17,19). The van der Waals surface area contributed by atoms with Gasteiger partial charge in [-0.25, -0.2) is 8.42 Å². The van der Waals surface area contributed by atoms with Gasteiger partial charge in [0, 0.05) is 6.04 Å². The molecule has 1 aliphatic carbocycles. The van der Waals surface area contributed by atoms with Crippen LogP contribution in [0.5, 0.6) is 5.75 Å². The number of carbonyl (C=O) groups is 1. The molecule has 0 heterocycles. The molecule has 6 nitrogen and oxygen atoms in total. The fourth-order valence-corrected chi connectivity index (χ4v) is 4.06. The number of benzene rings is 1. The molecule has 128 valence electrons. The molecule has 0 saturated heterocycles. The number of hydrogen-bond donors (Lipinski definition) is 1. The molecule has 1 aliphatic rings. The molecule has 1 aromatic carbocycles. The van der Waals surface area contributed by atoms with Gasteiger partial charge in [0.05, 0.1) is 25.6 Å². The fraction of sp³-hybridized carbons (Fsp3) is 0.562. The van der Waals surface area contributed by atoms with Crippen molar-refractivity contribution >= 4 is 21.6 Å². The van der Waals surface area contributed by atoms with E-state index in [2.05, 4.69) is 5.32 Å². The van der Waals surface area contributed by atoms with Crippen LogP contribution in [-0.2, 0) is 14.8 Å². The molecular weight excluding hydrogens is 316 g/mol. The van der Waals surface area contributed by atoms with Gasteiger partial charge in [-0.05, 0) is 37.5 Å². The van der Waals surface area contributed by atoms with E-state index in [1.165, 1.54) is 11.4 Å². The van der Waals surface area contributed by atoms with Crippen LogP contribution < -0.4 is 10.1 Å². The minimum absolute atomic E-state index is 0.0739. The van der Waals surface area contributed by atoms with Gasteiger partial charge in [0.2, 0.25) is 15.9 Å². The van der Waals surface area contributed by atoms with Gasteiger partial charge in [-0.3, -0.25) is 4.79 Å². The van der Waals surface area contributed by atoms with E-state index in [4.69, 9.17) is 4.74 Å². The number of ether oxygens (including phenoxy) is 1. The first-order valence-electron chi connectivity index (χ1n) is 7.72. The number of carbonyl (C=O) groups excluding carboxylic acids is 1. The highest BCUT2D eigenvalue weighted by atomic mass is 32.2. The summed E-state index contributed by atoms with van der Waals surface area (Å²) in [7, 11) is -1.89. The van der Waals surface area contributed by atoms with Crippen molar-refractivity contribution in [1.82, 2.24) is 4.31 Å². The molecule has 0 spiro atoms. The Labute approximate surface area is 137 Å². The highest BCUT2D eigenvalue weighted by molar-refractivity contribution is 7.88. The Kier molecular flexibility index (Phi) is 5.64. The molecule has 1 N–H and O–H groups in total. The maximum atomic E-state index is 12.3. The van der Waals surface area contributed by atoms with E-state index in [0.29, 0.717) is 11.4 Å². The Hall–Kier alpha value is -1.60. The topological polar surface area (TPSA) is 75.7 Å². The van der Waals surface area contributed by atoms with Crippen molar-refractivity contribution in [2.24, 2.45) is 0 Å². The summed E-state index contributed by atoms with van der Waals surface area (Å²) in [5.41, 5.74) is 1.54. The van der Waals surface area contributed by atoms with Gasteiger partial charge in [0.1, 0.15) is 5.75 Å². The first-order valence-corrected chi connectivity index (χ1v) is 9.57. The summed E-state index contributed by atoms with van der Waals surface area (Å²) < 4.78 is 30.6. The van der Waals surface area contributed by atoms with E-state index in [0.717, 1.165) is 37.5 Å². The number of rotatable bonds is 6. The number of nitrogens with one attached hydrogen (secondary N) is 1. The van der Waals surface area contributed by atoms with Crippen LogP contribution in [0.1, 0.15) is 31.2 Å². The molecule has 1 saturated carbocycles. The lowest BCUT2D eigenvalue weighted by molar-refractivity contribution is -0.116. The number of methoxy groups -OCH3 is 1. The first kappa shape index (κ1) is 17.7. The van der Waals surface area contributed by atoms with Crippen molar-refractivity contribution in [2.45, 2.75) is 38.6 Å². The number of nitrogens with zero attached hydrogens (tertiary/aromatic N) is 1. The van der Waals surface area contributed by atoms with E-state index in [1.807, 2.05) is 13.0 Å². The molecule has 1 amide bonds. The summed E-state index contributed by atoms with van der Waals surface area (Å²) >= 11 is 0. The van der Waals surface area contributed by atoms with Gasteiger partial charge in [0.25, 0.3) is 0 Å². The Morgan fingerprint density at radius 1 is 1.35 bits per heavy atom. The van der Waals surface area contributed by atoms with Crippen molar-refractivity contribution < 1.29 is 17.9 Å². The lowest BCUT2D eigenvalue weighted by Crippen LogP contribution is -2.43. The smallest absolute Gasteiger partial charge is 0.239 e. The molecule has 1 aromatic rings. The number of hydrogen-bond acceptors (Lipinski definition) is 4. The zero-order valence-electron chi connectivity index (χ0n) is 13.8. The van der Waals surface area contributed by atoms with Gasteiger partial charge in [-0.15, -0.1) is 0 Å². The van der Waals surface area contributed by atoms with Crippen molar-refractivity contribution in [3.05, 3.63) is 23.8 Å². The third-order valence-corrected chi connectivity index (χ3v) is 5.37. The van der Waals surface area contributed by atoms with Crippen LogP contribution in [-0.4, -0.2) is 44.6 Å². The summed E-state index contributed by atoms with van der Waals surface area (Å²) in [4.78, 5) is 12.3. The minimum atomic E-state index is -3.42. The zero-order chi connectivity index (χ0) is 17.0. The Morgan fingerprint density at radius 2 is 2.00 bits per heavy atom. The molecule has 23 heavy (non-hydrogen) atoms. The molecule has 0 aliphatic heterocycles. The van der Waals surface area contributed by atoms with Crippen LogP contribution in [0.15, 0.2) is 18.2 Å². The van der Waals surface area contributed by atoms with Crippen LogP contribution in [0.2, 0.25) is 0 Å². The maximum absolute atomic E-state index is 12.3. The summed E-state index contributed by atoms with van der Waals surface area (Å²) in [6, 6.07) is 5.39. The zero-order valence-corrected chi connectivity index (χ0v) is 14.6. The van der Waals surface area contributed by atoms with Crippen LogP contribution in [0.4, 0.5) is 5.69 Å². The maximum Gasteiger partial charge on any atom is 0.239 e. The van der Waals surface area contributed by atoms with Crippen LogP contribution in [0.25, 0.3) is 0 Å². The molecule has 0 aromatic heterocycles. The van der Waals surface area contributed by atoms with E-state index in [-0.39, 0.29) is 18.5 Å². The molecule has 7 heteroatoms. The normalized spacial score (nSPS) is 15.8.